The van der Waals surface area contributed by atoms with Gasteiger partial charge in [0.1, 0.15) is 5.75 Å². The quantitative estimate of drug-likeness (QED) is 0.856. The van der Waals surface area contributed by atoms with Crippen molar-refractivity contribution in [1.29, 1.82) is 0 Å². The number of benzene rings is 1. The fourth-order valence-corrected chi connectivity index (χ4v) is 2.63. The molecule has 0 amide bonds. The van der Waals surface area contributed by atoms with E-state index < -0.39 is 5.97 Å². The van der Waals surface area contributed by atoms with Crippen LogP contribution in [0.4, 0.5) is 0 Å². The predicted octanol–water partition coefficient (Wildman–Crippen LogP) is 2.38. The number of carbonyl (C=O) groups is 1. The van der Waals surface area contributed by atoms with Gasteiger partial charge >= 0.3 is 5.97 Å². The second kappa shape index (κ2) is 6.57. The fraction of sp³-hybridized carbons (Fsp3) is 0.533. The van der Waals surface area contributed by atoms with Gasteiger partial charge in [-0.1, -0.05) is 12.1 Å². The maximum Gasteiger partial charge on any atom is 0.303 e. The van der Waals surface area contributed by atoms with Gasteiger partial charge in [-0.2, -0.15) is 0 Å². The lowest BCUT2D eigenvalue weighted by Gasteiger charge is -2.16. The number of hydrogen-bond acceptors (Lipinski definition) is 3. The molecule has 19 heavy (non-hydrogen) atoms. The molecule has 1 aliphatic rings. The molecule has 0 aliphatic carbocycles. The molecule has 1 aromatic carbocycles. The van der Waals surface area contributed by atoms with Crippen LogP contribution in [0, 0.1) is 5.92 Å². The summed E-state index contributed by atoms with van der Waals surface area (Å²) in [5.74, 6) is 0.513. The summed E-state index contributed by atoms with van der Waals surface area (Å²) in [5.41, 5.74) is 1.22. The van der Waals surface area contributed by atoms with Gasteiger partial charge in [-0.25, -0.2) is 0 Å². The number of carboxylic acid groups (broad SMARTS) is 1. The van der Waals surface area contributed by atoms with Gasteiger partial charge in [-0.05, 0) is 43.5 Å². The highest BCUT2D eigenvalue weighted by atomic mass is 16.5. The Morgan fingerprint density at radius 2 is 2.37 bits per heavy atom. The summed E-state index contributed by atoms with van der Waals surface area (Å²) in [4.78, 5) is 13.0. The van der Waals surface area contributed by atoms with E-state index in [-0.39, 0.29) is 6.42 Å². The van der Waals surface area contributed by atoms with Crippen LogP contribution in [0.2, 0.25) is 0 Å². The number of aliphatic carboxylic acids is 1. The van der Waals surface area contributed by atoms with E-state index in [9.17, 15) is 4.79 Å². The second-order valence-corrected chi connectivity index (χ2v) is 5.07. The predicted molar refractivity (Wildman–Crippen MR) is 73.2 cm³/mol. The van der Waals surface area contributed by atoms with Gasteiger partial charge in [-0.15, -0.1) is 0 Å². The molecule has 0 radical (unpaired) electrons. The third-order valence-electron chi connectivity index (χ3n) is 3.45. The van der Waals surface area contributed by atoms with Crippen LogP contribution < -0.4 is 4.74 Å². The van der Waals surface area contributed by atoms with E-state index in [1.54, 1.807) is 0 Å². The first-order chi connectivity index (χ1) is 9.17. The third kappa shape index (κ3) is 4.24. The Hall–Kier alpha value is -1.55. The molecule has 1 fully saturated rings. The lowest BCUT2D eigenvalue weighted by Crippen LogP contribution is -2.20. The van der Waals surface area contributed by atoms with E-state index in [1.807, 2.05) is 19.1 Å². The molecule has 4 nitrogen and oxygen atoms in total. The van der Waals surface area contributed by atoms with Crippen molar-refractivity contribution >= 4 is 5.97 Å². The Bertz CT molecular complexity index is 433. The SMILES string of the molecule is CCOc1cccc(CN2CCC(CC(=O)O)C2)c1. The van der Waals surface area contributed by atoms with E-state index in [0.717, 1.165) is 31.8 Å². The van der Waals surface area contributed by atoms with Crippen molar-refractivity contribution in [2.75, 3.05) is 19.7 Å². The lowest BCUT2D eigenvalue weighted by molar-refractivity contribution is -0.138. The lowest BCUT2D eigenvalue weighted by atomic mass is 10.1. The molecule has 1 atom stereocenters. The molecule has 0 saturated carbocycles. The molecule has 4 heteroatoms. The fourth-order valence-electron chi connectivity index (χ4n) is 2.63. The average Bonchev–Trinajstić information content (AvgIpc) is 2.76. The normalized spacial score (nSPS) is 19.5. The maximum atomic E-state index is 10.7. The number of hydrogen-bond donors (Lipinski definition) is 1. The molecular weight excluding hydrogens is 242 g/mol. The second-order valence-electron chi connectivity index (χ2n) is 5.07. The van der Waals surface area contributed by atoms with Gasteiger partial charge in [0.15, 0.2) is 0 Å². The van der Waals surface area contributed by atoms with Crippen LogP contribution in [0.25, 0.3) is 0 Å². The summed E-state index contributed by atoms with van der Waals surface area (Å²) >= 11 is 0. The summed E-state index contributed by atoms with van der Waals surface area (Å²) in [5, 5.41) is 8.81. The largest absolute Gasteiger partial charge is 0.494 e. The molecule has 1 heterocycles. The number of carboxylic acids is 1. The van der Waals surface area contributed by atoms with Gasteiger partial charge in [-0.3, -0.25) is 9.69 Å². The van der Waals surface area contributed by atoms with Gasteiger partial charge in [0, 0.05) is 19.5 Å². The molecule has 0 aromatic heterocycles. The molecular formula is C15H21NO3. The maximum absolute atomic E-state index is 10.7. The minimum Gasteiger partial charge on any atom is -0.494 e. The summed E-state index contributed by atoms with van der Waals surface area (Å²) in [7, 11) is 0. The number of nitrogens with zero attached hydrogens (tertiary/aromatic N) is 1. The molecule has 0 spiro atoms. The minimum absolute atomic E-state index is 0.287. The van der Waals surface area contributed by atoms with E-state index >= 15 is 0 Å². The summed E-state index contributed by atoms with van der Waals surface area (Å²) in [6.07, 6.45) is 1.27. The van der Waals surface area contributed by atoms with Crippen molar-refractivity contribution in [1.82, 2.24) is 4.90 Å². The molecule has 2 rings (SSSR count). The molecule has 1 aromatic rings. The van der Waals surface area contributed by atoms with E-state index in [1.165, 1.54) is 5.56 Å². The Kier molecular flexibility index (Phi) is 4.80. The molecule has 1 aliphatic heterocycles. The van der Waals surface area contributed by atoms with Gasteiger partial charge in [0.05, 0.1) is 6.61 Å². The average molecular weight is 263 g/mol. The molecule has 104 valence electrons. The number of ether oxygens (including phenoxy) is 1. The van der Waals surface area contributed by atoms with Crippen LogP contribution in [0.15, 0.2) is 24.3 Å². The summed E-state index contributed by atoms with van der Waals surface area (Å²) in [6, 6.07) is 8.12. The van der Waals surface area contributed by atoms with Crippen molar-refractivity contribution in [3.8, 4) is 5.75 Å². The standard InChI is InChI=1S/C15H21NO3/c1-2-19-14-5-3-4-12(8-14)10-16-7-6-13(11-16)9-15(17)18/h3-5,8,13H,2,6-7,9-11H2,1H3,(H,17,18). The van der Waals surface area contributed by atoms with E-state index in [0.29, 0.717) is 12.5 Å². The third-order valence-corrected chi connectivity index (χ3v) is 3.45. The monoisotopic (exact) mass is 263 g/mol. The van der Waals surface area contributed by atoms with Crippen molar-refractivity contribution in [3.05, 3.63) is 29.8 Å². The Balaban J connectivity index is 1.88. The first kappa shape index (κ1) is 13.9. The van der Waals surface area contributed by atoms with Crippen LogP contribution in [0.3, 0.4) is 0 Å². The molecule has 0 bridgehead atoms. The van der Waals surface area contributed by atoms with Crippen molar-refractivity contribution in [3.63, 3.8) is 0 Å². The first-order valence-electron chi connectivity index (χ1n) is 6.83. The van der Waals surface area contributed by atoms with E-state index in [4.69, 9.17) is 9.84 Å². The highest BCUT2D eigenvalue weighted by Gasteiger charge is 2.24. The highest BCUT2D eigenvalue weighted by molar-refractivity contribution is 5.67. The Labute approximate surface area is 114 Å². The van der Waals surface area contributed by atoms with Gasteiger partial charge in [0.2, 0.25) is 0 Å². The van der Waals surface area contributed by atoms with Crippen molar-refractivity contribution < 1.29 is 14.6 Å². The zero-order chi connectivity index (χ0) is 13.7. The Morgan fingerprint density at radius 1 is 1.53 bits per heavy atom. The van der Waals surface area contributed by atoms with Crippen molar-refractivity contribution in [2.45, 2.75) is 26.3 Å². The molecule has 1 unspecified atom stereocenters. The van der Waals surface area contributed by atoms with Crippen LogP contribution in [0.1, 0.15) is 25.3 Å². The zero-order valence-electron chi connectivity index (χ0n) is 11.3. The number of likely N-dealkylation sites (tertiary alicyclic amines) is 1. The zero-order valence-corrected chi connectivity index (χ0v) is 11.3. The smallest absolute Gasteiger partial charge is 0.303 e. The van der Waals surface area contributed by atoms with Gasteiger partial charge in [0.25, 0.3) is 0 Å². The highest BCUT2D eigenvalue weighted by Crippen LogP contribution is 2.22. The van der Waals surface area contributed by atoms with Crippen molar-refractivity contribution in [2.24, 2.45) is 5.92 Å². The van der Waals surface area contributed by atoms with Crippen LogP contribution in [-0.4, -0.2) is 35.7 Å². The van der Waals surface area contributed by atoms with Crippen LogP contribution in [0.5, 0.6) is 5.75 Å². The topological polar surface area (TPSA) is 49.8 Å². The summed E-state index contributed by atoms with van der Waals surface area (Å²) < 4.78 is 5.49. The molecule has 1 N–H and O–H groups in total. The van der Waals surface area contributed by atoms with Crippen LogP contribution in [-0.2, 0) is 11.3 Å². The summed E-state index contributed by atoms with van der Waals surface area (Å²) in [6.45, 7) is 5.39. The first-order valence-corrected chi connectivity index (χ1v) is 6.83. The van der Waals surface area contributed by atoms with E-state index in [2.05, 4.69) is 17.0 Å². The number of rotatable bonds is 6. The minimum atomic E-state index is -0.690. The van der Waals surface area contributed by atoms with Gasteiger partial charge < -0.3 is 9.84 Å². The van der Waals surface area contributed by atoms with Crippen LogP contribution >= 0.6 is 0 Å². The Morgan fingerprint density at radius 3 is 3.11 bits per heavy atom. The molecule has 1 saturated heterocycles.